The van der Waals surface area contributed by atoms with Gasteiger partial charge in [-0.25, -0.2) is 0 Å². The third-order valence-electron chi connectivity index (χ3n) is 3.86. The summed E-state index contributed by atoms with van der Waals surface area (Å²) in [5.41, 5.74) is 6.19. The first-order valence-corrected chi connectivity index (χ1v) is 7.50. The van der Waals surface area contributed by atoms with E-state index in [2.05, 4.69) is 65.1 Å². The molecule has 0 fully saturated rings. The van der Waals surface area contributed by atoms with Gasteiger partial charge in [0.25, 0.3) is 0 Å². The van der Waals surface area contributed by atoms with Gasteiger partial charge in [0.15, 0.2) is 0 Å². The molecule has 2 nitrogen and oxygen atoms in total. The lowest BCUT2D eigenvalue weighted by Crippen LogP contribution is -2.13. The van der Waals surface area contributed by atoms with E-state index < -0.39 is 0 Å². The Morgan fingerprint density at radius 3 is 2.45 bits per heavy atom. The van der Waals surface area contributed by atoms with Gasteiger partial charge in [0.2, 0.25) is 0 Å². The number of benzene rings is 1. The standard InChI is InChI=1S/C18H26N2/c1-7-11-19-16-12(2)13(3)20-17-14(16)9-8-10-15(17)18(4,5)6/h8-10H,7,11H2,1-6H3,(H,19,20). The molecule has 0 aliphatic rings. The Bertz CT molecular complexity index is 621. The summed E-state index contributed by atoms with van der Waals surface area (Å²) in [6, 6.07) is 6.53. The Morgan fingerprint density at radius 1 is 1.15 bits per heavy atom. The quantitative estimate of drug-likeness (QED) is 0.851. The molecule has 0 amide bonds. The molecule has 0 unspecified atom stereocenters. The van der Waals surface area contributed by atoms with Crippen LogP contribution in [-0.4, -0.2) is 11.5 Å². The molecule has 0 atom stereocenters. The summed E-state index contributed by atoms with van der Waals surface area (Å²) in [5, 5.41) is 4.83. The van der Waals surface area contributed by atoms with E-state index in [-0.39, 0.29) is 5.41 Å². The topological polar surface area (TPSA) is 24.9 Å². The van der Waals surface area contributed by atoms with Crippen LogP contribution < -0.4 is 5.32 Å². The summed E-state index contributed by atoms with van der Waals surface area (Å²) >= 11 is 0. The normalized spacial score (nSPS) is 11.9. The van der Waals surface area contributed by atoms with E-state index in [1.807, 2.05) is 0 Å². The molecular formula is C18H26N2. The van der Waals surface area contributed by atoms with Gasteiger partial charge < -0.3 is 5.32 Å². The number of nitrogens with one attached hydrogen (secondary N) is 1. The maximum absolute atomic E-state index is 4.87. The molecule has 1 N–H and O–H groups in total. The number of para-hydroxylation sites is 1. The minimum Gasteiger partial charge on any atom is -0.384 e. The second kappa shape index (κ2) is 5.43. The van der Waals surface area contributed by atoms with E-state index in [1.165, 1.54) is 22.2 Å². The van der Waals surface area contributed by atoms with Gasteiger partial charge in [-0.05, 0) is 36.8 Å². The van der Waals surface area contributed by atoms with Gasteiger partial charge in [0.05, 0.1) is 5.52 Å². The fraction of sp³-hybridized carbons (Fsp3) is 0.500. The van der Waals surface area contributed by atoms with Gasteiger partial charge >= 0.3 is 0 Å². The van der Waals surface area contributed by atoms with E-state index in [1.54, 1.807) is 0 Å². The van der Waals surface area contributed by atoms with Crippen LogP contribution in [0, 0.1) is 13.8 Å². The summed E-state index contributed by atoms with van der Waals surface area (Å²) in [6.45, 7) is 14.2. The van der Waals surface area contributed by atoms with Crippen LogP contribution in [-0.2, 0) is 5.41 Å². The van der Waals surface area contributed by atoms with Crippen LogP contribution in [0.1, 0.15) is 50.9 Å². The van der Waals surface area contributed by atoms with Crippen molar-refractivity contribution in [1.82, 2.24) is 4.98 Å². The fourth-order valence-corrected chi connectivity index (χ4v) is 2.58. The fourth-order valence-electron chi connectivity index (χ4n) is 2.58. The molecule has 0 saturated heterocycles. The second-order valence-electron chi connectivity index (χ2n) is 6.58. The number of nitrogens with zero attached hydrogens (tertiary/aromatic N) is 1. The van der Waals surface area contributed by atoms with Gasteiger partial charge in [-0.3, -0.25) is 4.98 Å². The molecular weight excluding hydrogens is 244 g/mol. The molecule has 0 aliphatic carbocycles. The molecule has 0 radical (unpaired) electrons. The summed E-state index contributed by atoms with van der Waals surface area (Å²) in [7, 11) is 0. The van der Waals surface area contributed by atoms with Gasteiger partial charge in [-0.2, -0.15) is 0 Å². The van der Waals surface area contributed by atoms with E-state index in [9.17, 15) is 0 Å². The highest BCUT2D eigenvalue weighted by Crippen LogP contribution is 2.34. The summed E-state index contributed by atoms with van der Waals surface area (Å²) in [5.74, 6) is 0. The first kappa shape index (κ1) is 14.8. The predicted molar refractivity (Wildman–Crippen MR) is 88.7 cm³/mol. The number of rotatable bonds is 3. The Morgan fingerprint density at radius 2 is 1.85 bits per heavy atom. The van der Waals surface area contributed by atoms with Gasteiger partial charge in [0, 0.05) is 23.3 Å². The van der Waals surface area contributed by atoms with Crippen LogP contribution in [0.15, 0.2) is 18.2 Å². The second-order valence-corrected chi connectivity index (χ2v) is 6.58. The van der Waals surface area contributed by atoms with Crippen LogP contribution >= 0.6 is 0 Å². The summed E-state index contributed by atoms with van der Waals surface area (Å²) < 4.78 is 0. The highest BCUT2D eigenvalue weighted by atomic mass is 14.9. The maximum atomic E-state index is 4.87. The molecule has 1 aromatic heterocycles. The highest BCUT2D eigenvalue weighted by molar-refractivity contribution is 5.95. The molecule has 2 rings (SSSR count). The average molecular weight is 270 g/mol. The Kier molecular flexibility index (Phi) is 4.03. The van der Waals surface area contributed by atoms with Gasteiger partial charge in [-0.15, -0.1) is 0 Å². The minimum atomic E-state index is 0.107. The molecule has 20 heavy (non-hydrogen) atoms. The minimum absolute atomic E-state index is 0.107. The Hall–Kier alpha value is -1.57. The molecule has 0 bridgehead atoms. The van der Waals surface area contributed by atoms with Crippen LogP contribution in [0.2, 0.25) is 0 Å². The smallest absolute Gasteiger partial charge is 0.0763 e. The van der Waals surface area contributed by atoms with Crippen molar-refractivity contribution in [3.63, 3.8) is 0 Å². The van der Waals surface area contributed by atoms with Crippen LogP contribution in [0.5, 0.6) is 0 Å². The first-order valence-electron chi connectivity index (χ1n) is 7.50. The Balaban J connectivity index is 2.76. The molecule has 2 aromatic rings. The lowest BCUT2D eigenvalue weighted by Gasteiger charge is -2.23. The summed E-state index contributed by atoms with van der Waals surface area (Å²) in [6.07, 6.45) is 1.13. The molecule has 1 heterocycles. The number of fused-ring (bicyclic) bond motifs is 1. The van der Waals surface area contributed by atoms with E-state index in [0.29, 0.717) is 0 Å². The van der Waals surface area contributed by atoms with Gasteiger partial charge in [0.1, 0.15) is 0 Å². The number of hydrogen-bond donors (Lipinski definition) is 1. The van der Waals surface area contributed by atoms with Crippen molar-refractivity contribution in [3.8, 4) is 0 Å². The molecule has 0 spiro atoms. The van der Waals surface area contributed by atoms with E-state index >= 15 is 0 Å². The van der Waals surface area contributed by atoms with Crippen molar-refractivity contribution < 1.29 is 0 Å². The molecule has 2 heteroatoms. The Labute approximate surface area is 122 Å². The number of anilines is 1. The van der Waals surface area contributed by atoms with Crippen molar-refractivity contribution in [3.05, 3.63) is 35.0 Å². The zero-order valence-corrected chi connectivity index (χ0v) is 13.6. The monoisotopic (exact) mass is 270 g/mol. The number of aromatic nitrogens is 1. The lowest BCUT2D eigenvalue weighted by molar-refractivity contribution is 0.594. The van der Waals surface area contributed by atoms with Crippen molar-refractivity contribution in [1.29, 1.82) is 0 Å². The zero-order valence-electron chi connectivity index (χ0n) is 13.6. The largest absolute Gasteiger partial charge is 0.384 e. The SMILES string of the molecule is CCCNc1c(C)c(C)nc2c(C(C)(C)C)cccc12. The predicted octanol–water partition coefficient (Wildman–Crippen LogP) is 4.97. The third-order valence-corrected chi connectivity index (χ3v) is 3.86. The molecule has 1 aromatic carbocycles. The van der Waals surface area contributed by atoms with E-state index in [0.717, 1.165) is 24.2 Å². The van der Waals surface area contributed by atoms with Gasteiger partial charge in [-0.1, -0.05) is 45.9 Å². The summed E-state index contributed by atoms with van der Waals surface area (Å²) in [4.78, 5) is 4.87. The third kappa shape index (κ3) is 2.65. The number of pyridine rings is 1. The van der Waals surface area contributed by atoms with Crippen molar-refractivity contribution in [2.75, 3.05) is 11.9 Å². The van der Waals surface area contributed by atoms with Crippen LogP contribution in [0.3, 0.4) is 0 Å². The first-order chi connectivity index (χ1) is 9.36. The molecule has 108 valence electrons. The van der Waals surface area contributed by atoms with Crippen LogP contribution in [0.4, 0.5) is 5.69 Å². The van der Waals surface area contributed by atoms with Crippen molar-refractivity contribution in [2.45, 2.75) is 53.4 Å². The maximum Gasteiger partial charge on any atom is 0.0763 e. The van der Waals surface area contributed by atoms with Crippen molar-refractivity contribution in [2.24, 2.45) is 0 Å². The molecule has 0 aliphatic heterocycles. The molecule has 0 saturated carbocycles. The lowest BCUT2D eigenvalue weighted by atomic mass is 9.85. The zero-order chi connectivity index (χ0) is 14.9. The average Bonchev–Trinajstić information content (AvgIpc) is 2.37. The number of aryl methyl sites for hydroxylation is 1. The van der Waals surface area contributed by atoms with E-state index in [4.69, 9.17) is 4.98 Å². The van der Waals surface area contributed by atoms with Crippen LogP contribution in [0.25, 0.3) is 10.9 Å². The van der Waals surface area contributed by atoms with Crippen molar-refractivity contribution >= 4 is 16.6 Å². The highest BCUT2D eigenvalue weighted by Gasteiger charge is 2.19. The number of hydrogen-bond acceptors (Lipinski definition) is 2.